The molecule has 0 aliphatic rings. The van der Waals surface area contributed by atoms with Gasteiger partial charge in [-0.1, -0.05) is 0 Å². The fourth-order valence-electron chi connectivity index (χ4n) is 2.61. The number of benzene rings is 2. The Morgan fingerprint density at radius 3 is 1.54 bits per heavy atom. The first-order valence-electron chi connectivity index (χ1n) is 8.32. The van der Waals surface area contributed by atoms with Crippen LogP contribution in [0.25, 0.3) is 0 Å². The lowest BCUT2D eigenvalue weighted by molar-refractivity contribution is -0.0410. The van der Waals surface area contributed by atoms with Gasteiger partial charge in [0.05, 0.1) is 5.54 Å². The molecular weight excluding hydrogens is 338 g/mol. The smallest absolute Gasteiger partial charge is 0.267 e. The van der Waals surface area contributed by atoms with Gasteiger partial charge in [0.15, 0.2) is 0 Å². The molecule has 2 rings (SSSR count). The van der Waals surface area contributed by atoms with Crippen molar-refractivity contribution in [2.45, 2.75) is 33.2 Å². The zero-order chi connectivity index (χ0) is 19.5. The van der Waals surface area contributed by atoms with E-state index in [1.54, 1.807) is 27.7 Å². The molecule has 0 unspecified atom stereocenters. The zero-order valence-electron chi connectivity index (χ0n) is 15.3. The van der Waals surface area contributed by atoms with Crippen molar-refractivity contribution in [2.75, 3.05) is 6.54 Å². The van der Waals surface area contributed by atoms with Crippen molar-refractivity contribution < 1.29 is 18.4 Å². The third-order valence-corrected chi connectivity index (χ3v) is 3.79. The van der Waals surface area contributed by atoms with Gasteiger partial charge >= 0.3 is 0 Å². The third-order valence-electron chi connectivity index (χ3n) is 3.79. The SMILES string of the molecule is CCN(C(=O)c1ccc(F)cc1)N(C(=O)c1ccc(F)cc1)C(C)(C)C. The van der Waals surface area contributed by atoms with Crippen LogP contribution < -0.4 is 0 Å². The monoisotopic (exact) mass is 360 g/mol. The minimum Gasteiger partial charge on any atom is -0.267 e. The Morgan fingerprint density at radius 2 is 1.19 bits per heavy atom. The first kappa shape index (κ1) is 19.6. The van der Waals surface area contributed by atoms with Gasteiger partial charge < -0.3 is 0 Å². The standard InChI is InChI=1S/C20H22F2N2O2/c1-5-23(18(25)14-6-10-16(21)11-7-14)24(20(2,3)4)19(26)15-8-12-17(22)13-9-15/h6-13H,5H2,1-4H3. The van der Waals surface area contributed by atoms with E-state index in [0.29, 0.717) is 0 Å². The summed E-state index contributed by atoms with van der Waals surface area (Å²) in [6, 6.07) is 10.3. The predicted molar refractivity (Wildman–Crippen MR) is 95.4 cm³/mol. The Labute approximate surface area is 152 Å². The summed E-state index contributed by atoms with van der Waals surface area (Å²) in [5.41, 5.74) is -0.168. The van der Waals surface area contributed by atoms with E-state index in [9.17, 15) is 18.4 Å². The van der Waals surface area contributed by atoms with Crippen LogP contribution in [-0.2, 0) is 0 Å². The molecule has 0 heterocycles. The predicted octanol–water partition coefficient (Wildman–Crippen LogP) is 4.28. The van der Waals surface area contributed by atoms with E-state index in [1.165, 1.54) is 58.5 Å². The lowest BCUT2D eigenvalue weighted by atomic mass is 10.1. The summed E-state index contributed by atoms with van der Waals surface area (Å²) >= 11 is 0. The molecule has 0 saturated carbocycles. The van der Waals surface area contributed by atoms with Crippen LogP contribution in [0, 0.1) is 11.6 Å². The fourth-order valence-corrected chi connectivity index (χ4v) is 2.61. The first-order valence-corrected chi connectivity index (χ1v) is 8.32. The quantitative estimate of drug-likeness (QED) is 0.767. The van der Waals surface area contributed by atoms with Crippen molar-refractivity contribution in [2.24, 2.45) is 0 Å². The number of hydrogen-bond acceptors (Lipinski definition) is 2. The Kier molecular flexibility index (Phi) is 5.75. The number of halogens is 2. The van der Waals surface area contributed by atoms with E-state index in [1.807, 2.05) is 0 Å². The van der Waals surface area contributed by atoms with Crippen molar-refractivity contribution in [3.8, 4) is 0 Å². The second-order valence-corrected chi connectivity index (χ2v) is 6.82. The van der Waals surface area contributed by atoms with E-state index in [-0.39, 0.29) is 17.7 Å². The highest BCUT2D eigenvalue weighted by Gasteiger charge is 2.35. The number of hydrogen-bond donors (Lipinski definition) is 0. The second-order valence-electron chi connectivity index (χ2n) is 6.82. The maximum atomic E-state index is 13.2. The molecule has 4 nitrogen and oxygen atoms in total. The highest BCUT2D eigenvalue weighted by Crippen LogP contribution is 2.22. The van der Waals surface area contributed by atoms with Gasteiger partial charge in [-0.3, -0.25) is 9.59 Å². The summed E-state index contributed by atoms with van der Waals surface area (Å²) in [7, 11) is 0. The van der Waals surface area contributed by atoms with Crippen molar-refractivity contribution in [3.05, 3.63) is 71.3 Å². The number of rotatable bonds is 3. The van der Waals surface area contributed by atoms with Crippen molar-refractivity contribution >= 4 is 11.8 Å². The molecular formula is C20H22F2N2O2. The molecule has 0 aliphatic carbocycles. The number of carbonyl (C=O) groups is 2. The number of hydrazine groups is 1. The Balaban J connectivity index is 2.43. The van der Waals surface area contributed by atoms with Gasteiger partial charge in [0.25, 0.3) is 11.8 Å². The molecule has 26 heavy (non-hydrogen) atoms. The molecule has 2 aromatic carbocycles. The Hall–Kier alpha value is -2.76. The van der Waals surface area contributed by atoms with E-state index in [0.717, 1.165) is 0 Å². The molecule has 0 atom stereocenters. The first-order chi connectivity index (χ1) is 12.1. The normalized spacial score (nSPS) is 11.2. The molecule has 0 saturated heterocycles. The Morgan fingerprint density at radius 1 is 0.808 bits per heavy atom. The summed E-state index contributed by atoms with van der Waals surface area (Å²) in [4.78, 5) is 26.0. The number of carbonyl (C=O) groups excluding carboxylic acids is 2. The van der Waals surface area contributed by atoms with Crippen molar-refractivity contribution in [3.63, 3.8) is 0 Å². The number of amides is 2. The summed E-state index contributed by atoms with van der Waals surface area (Å²) in [6.07, 6.45) is 0. The van der Waals surface area contributed by atoms with E-state index in [2.05, 4.69) is 0 Å². The van der Waals surface area contributed by atoms with Gasteiger partial charge in [-0.25, -0.2) is 18.8 Å². The maximum absolute atomic E-state index is 13.2. The van der Waals surface area contributed by atoms with Gasteiger partial charge in [0, 0.05) is 17.7 Å². The van der Waals surface area contributed by atoms with E-state index < -0.39 is 29.0 Å². The van der Waals surface area contributed by atoms with Gasteiger partial charge in [-0.15, -0.1) is 0 Å². The van der Waals surface area contributed by atoms with E-state index >= 15 is 0 Å². The average molecular weight is 360 g/mol. The molecule has 0 N–H and O–H groups in total. The van der Waals surface area contributed by atoms with Crippen LogP contribution in [0.4, 0.5) is 8.78 Å². The minimum atomic E-state index is -0.711. The minimum absolute atomic E-state index is 0.237. The molecule has 0 bridgehead atoms. The van der Waals surface area contributed by atoms with Crippen molar-refractivity contribution in [1.29, 1.82) is 0 Å². The molecule has 6 heteroatoms. The average Bonchev–Trinajstić information content (AvgIpc) is 2.58. The largest absolute Gasteiger partial charge is 0.272 e. The molecule has 0 aliphatic heterocycles. The van der Waals surface area contributed by atoms with Crippen LogP contribution in [0.1, 0.15) is 48.4 Å². The molecule has 0 fully saturated rings. The maximum Gasteiger partial charge on any atom is 0.272 e. The second kappa shape index (κ2) is 7.64. The fraction of sp³-hybridized carbons (Fsp3) is 0.300. The highest BCUT2D eigenvalue weighted by molar-refractivity contribution is 5.99. The summed E-state index contributed by atoms with van der Waals surface area (Å²) < 4.78 is 26.3. The molecule has 2 amide bonds. The zero-order valence-corrected chi connectivity index (χ0v) is 15.3. The van der Waals surface area contributed by atoms with Crippen LogP contribution in [-0.4, -0.2) is 33.9 Å². The van der Waals surface area contributed by atoms with Gasteiger partial charge in [0.1, 0.15) is 11.6 Å². The van der Waals surface area contributed by atoms with Crippen LogP contribution in [0.5, 0.6) is 0 Å². The van der Waals surface area contributed by atoms with Crippen molar-refractivity contribution in [1.82, 2.24) is 10.0 Å². The summed E-state index contributed by atoms with van der Waals surface area (Å²) in [5.74, 6) is -1.73. The summed E-state index contributed by atoms with van der Waals surface area (Å²) in [6.45, 7) is 7.39. The molecule has 0 spiro atoms. The van der Waals surface area contributed by atoms with Crippen LogP contribution in [0.2, 0.25) is 0 Å². The van der Waals surface area contributed by atoms with Gasteiger partial charge in [-0.05, 0) is 76.2 Å². The van der Waals surface area contributed by atoms with Crippen LogP contribution >= 0.6 is 0 Å². The van der Waals surface area contributed by atoms with Gasteiger partial charge in [-0.2, -0.15) is 0 Å². The third kappa shape index (κ3) is 4.25. The molecule has 2 aromatic rings. The lowest BCUT2D eigenvalue weighted by Crippen LogP contribution is -2.58. The summed E-state index contributed by atoms with van der Waals surface area (Å²) in [5, 5.41) is 2.67. The number of nitrogens with zero attached hydrogens (tertiary/aromatic N) is 2. The molecule has 0 radical (unpaired) electrons. The van der Waals surface area contributed by atoms with Crippen LogP contribution in [0.15, 0.2) is 48.5 Å². The Bertz CT molecular complexity index is 781. The van der Waals surface area contributed by atoms with Gasteiger partial charge in [0.2, 0.25) is 0 Å². The van der Waals surface area contributed by atoms with Crippen LogP contribution in [0.3, 0.4) is 0 Å². The van der Waals surface area contributed by atoms with E-state index in [4.69, 9.17) is 0 Å². The lowest BCUT2D eigenvalue weighted by Gasteiger charge is -2.43. The topological polar surface area (TPSA) is 40.6 Å². The molecule has 138 valence electrons. The molecule has 0 aromatic heterocycles. The highest BCUT2D eigenvalue weighted by atomic mass is 19.1.